The molecule has 1 rings (SSSR count). The van der Waals surface area contributed by atoms with Crippen LogP contribution in [0.5, 0.6) is 6.01 Å². The Labute approximate surface area is 112 Å². The van der Waals surface area contributed by atoms with Crippen LogP contribution in [0.3, 0.4) is 0 Å². The van der Waals surface area contributed by atoms with Crippen molar-refractivity contribution in [2.24, 2.45) is 11.1 Å². The molecule has 0 bridgehead atoms. The molecule has 0 unspecified atom stereocenters. The molecule has 0 aliphatic rings. The van der Waals surface area contributed by atoms with E-state index in [2.05, 4.69) is 25.6 Å². The van der Waals surface area contributed by atoms with Gasteiger partial charge in [0.1, 0.15) is 0 Å². The second-order valence-electron chi connectivity index (χ2n) is 4.55. The van der Waals surface area contributed by atoms with Gasteiger partial charge in [0.05, 0.1) is 12.0 Å². The summed E-state index contributed by atoms with van der Waals surface area (Å²) in [4.78, 5) is 23.5. The zero-order valence-corrected chi connectivity index (χ0v) is 11.6. The molecule has 0 saturated heterocycles. The summed E-state index contributed by atoms with van der Waals surface area (Å²) < 4.78 is 5.23. The van der Waals surface area contributed by atoms with E-state index in [-0.39, 0.29) is 6.01 Å². The Morgan fingerprint density at radius 1 is 1.32 bits per heavy atom. The van der Waals surface area contributed by atoms with Crippen LogP contribution in [0.25, 0.3) is 0 Å². The van der Waals surface area contributed by atoms with E-state index in [1.165, 1.54) is 0 Å². The highest BCUT2D eigenvalue weighted by Crippen LogP contribution is 2.16. The number of nitrogens with one attached hydrogen (secondary N) is 2. The van der Waals surface area contributed by atoms with Gasteiger partial charge in [0.15, 0.2) is 0 Å². The van der Waals surface area contributed by atoms with E-state index in [9.17, 15) is 4.79 Å². The summed E-state index contributed by atoms with van der Waals surface area (Å²) in [5, 5.41) is 5.77. The molecule has 0 saturated carbocycles. The van der Waals surface area contributed by atoms with E-state index in [1.54, 1.807) is 20.9 Å². The van der Waals surface area contributed by atoms with Crippen LogP contribution in [-0.4, -0.2) is 41.1 Å². The maximum Gasteiger partial charge on any atom is 0.323 e. The highest BCUT2D eigenvalue weighted by Gasteiger charge is 2.25. The number of nitrogens with two attached hydrogens (primary N) is 1. The van der Waals surface area contributed by atoms with Gasteiger partial charge in [-0.05, 0) is 20.8 Å². The summed E-state index contributed by atoms with van der Waals surface area (Å²) in [6.45, 7) is 6.10. The molecule has 1 aromatic rings. The van der Waals surface area contributed by atoms with Gasteiger partial charge in [0.25, 0.3) is 0 Å². The van der Waals surface area contributed by atoms with Crippen molar-refractivity contribution < 1.29 is 9.53 Å². The van der Waals surface area contributed by atoms with E-state index in [4.69, 9.17) is 10.5 Å². The van der Waals surface area contributed by atoms with E-state index in [0.29, 0.717) is 25.0 Å². The van der Waals surface area contributed by atoms with Gasteiger partial charge in [0.2, 0.25) is 17.8 Å². The van der Waals surface area contributed by atoms with Crippen LogP contribution < -0.4 is 21.1 Å². The predicted octanol–water partition coefficient (Wildman–Crippen LogP) is 0.235. The summed E-state index contributed by atoms with van der Waals surface area (Å²) in [6.07, 6.45) is 0. The topological polar surface area (TPSA) is 115 Å². The first-order valence-electron chi connectivity index (χ1n) is 5.99. The van der Waals surface area contributed by atoms with Crippen molar-refractivity contribution in [3.63, 3.8) is 0 Å². The van der Waals surface area contributed by atoms with Crippen molar-refractivity contribution in [3.8, 4) is 6.01 Å². The summed E-state index contributed by atoms with van der Waals surface area (Å²) in [7, 11) is 1.70. The lowest BCUT2D eigenvalue weighted by Crippen LogP contribution is -2.37. The fraction of sp³-hybridized carbons (Fsp3) is 0.636. The lowest BCUT2D eigenvalue weighted by molar-refractivity contribution is -0.125. The molecule has 0 atom stereocenters. The van der Waals surface area contributed by atoms with Crippen LogP contribution in [0.2, 0.25) is 0 Å². The van der Waals surface area contributed by atoms with Crippen molar-refractivity contribution in [2.45, 2.75) is 20.8 Å². The standard InChI is InChI=1S/C11H20N6O2/c1-5-19-10-16-8(13-4)15-9(17-10)14-6-11(2,3)7(12)18/h5-6H2,1-4H3,(H2,12,18)(H2,13,14,15,16,17). The summed E-state index contributed by atoms with van der Waals surface area (Å²) in [5.41, 5.74) is 4.60. The fourth-order valence-electron chi connectivity index (χ4n) is 1.13. The predicted molar refractivity (Wildman–Crippen MR) is 72.0 cm³/mol. The molecule has 1 amide bonds. The molecule has 106 valence electrons. The Morgan fingerprint density at radius 3 is 2.47 bits per heavy atom. The molecule has 1 aromatic heterocycles. The maximum atomic E-state index is 11.2. The Kier molecular flexibility index (Phi) is 4.85. The number of amides is 1. The Bertz CT molecular complexity index is 449. The first-order chi connectivity index (χ1) is 8.89. The average molecular weight is 268 g/mol. The molecular weight excluding hydrogens is 248 g/mol. The van der Waals surface area contributed by atoms with Gasteiger partial charge in [-0.2, -0.15) is 15.0 Å². The van der Waals surface area contributed by atoms with E-state index >= 15 is 0 Å². The van der Waals surface area contributed by atoms with Gasteiger partial charge in [0, 0.05) is 13.6 Å². The Balaban J connectivity index is 2.82. The quantitative estimate of drug-likeness (QED) is 0.648. The summed E-state index contributed by atoms with van der Waals surface area (Å²) in [5.74, 6) is 0.322. The number of carbonyl (C=O) groups excluding carboxylic acids is 1. The minimum absolute atomic E-state index is 0.223. The van der Waals surface area contributed by atoms with Crippen LogP contribution in [0, 0.1) is 5.41 Å². The number of aromatic nitrogens is 3. The third kappa shape index (κ3) is 4.23. The number of hydrogen-bond donors (Lipinski definition) is 3. The molecule has 0 aromatic carbocycles. The van der Waals surface area contributed by atoms with Gasteiger partial charge < -0.3 is 21.1 Å². The first-order valence-corrected chi connectivity index (χ1v) is 5.99. The molecular formula is C11H20N6O2. The van der Waals surface area contributed by atoms with Crippen LogP contribution in [0.15, 0.2) is 0 Å². The van der Waals surface area contributed by atoms with Crippen LogP contribution in [-0.2, 0) is 4.79 Å². The van der Waals surface area contributed by atoms with E-state index in [1.807, 2.05) is 6.92 Å². The average Bonchev–Trinajstić information content (AvgIpc) is 2.36. The molecule has 1 heterocycles. The van der Waals surface area contributed by atoms with Crippen molar-refractivity contribution in [1.82, 2.24) is 15.0 Å². The van der Waals surface area contributed by atoms with Gasteiger partial charge in [-0.15, -0.1) is 0 Å². The zero-order valence-electron chi connectivity index (χ0n) is 11.6. The van der Waals surface area contributed by atoms with E-state index in [0.717, 1.165) is 0 Å². The molecule has 0 spiro atoms. The van der Waals surface area contributed by atoms with Gasteiger partial charge in [-0.3, -0.25) is 4.79 Å². The molecule has 19 heavy (non-hydrogen) atoms. The lowest BCUT2D eigenvalue weighted by atomic mass is 9.93. The normalized spacial score (nSPS) is 10.9. The number of ether oxygens (including phenoxy) is 1. The number of carbonyl (C=O) groups is 1. The minimum atomic E-state index is -0.696. The molecule has 8 heteroatoms. The van der Waals surface area contributed by atoms with Crippen molar-refractivity contribution in [1.29, 1.82) is 0 Å². The lowest BCUT2D eigenvalue weighted by Gasteiger charge is -2.20. The maximum absolute atomic E-state index is 11.2. The molecule has 0 aliphatic carbocycles. The zero-order chi connectivity index (χ0) is 14.5. The van der Waals surface area contributed by atoms with Crippen molar-refractivity contribution in [3.05, 3.63) is 0 Å². The second-order valence-corrected chi connectivity index (χ2v) is 4.55. The number of nitrogens with zero attached hydrogens (tertiary/aromatic N) is 3. The summed E-state index contributed by atoms with van der Waals surface area (Å²) >= 11 is 0. The Morgan fingerprint density at radius 2 is 1.95 bits per heavy atom. The second kappa shape index (κ2) is 6.17. The number of rotatable bonds is 7. The monoisotopic (exact) mass is 268 g/mol. The SMILES string of the molecule is CCOc1nc(NC)nc(NCC(C)(C)C(N)=O)n1. The van der Waals surface area contributed by atoms with Gasteiger partial charge in [-0.25, -0.2) is 0 Å². The fourth-order valence-corrected chi connectivity index (χ4v) is 1.13. The largest absolute Gasteiger partial charge is 0.464 e. The van der Waals surface area contributed by atoms with Crippen molar-refractivity contribution in [2.75, 3.05) is 30.8 Å². The minimum Gasteiger partial charge on any atom is -0.464 e. The molecule has 0 aliphatic heterocycles. The molecule has 0 fully saturated rings. The highest BCUT2D eigenvalue weighted by atomic mass is 16.5. The third-order valence-corrected chi connectivity index (χ3v) is 2.47. The highest BCUT2D eigenvalue weighted by molar-refractivity contribution is 5.80. The Hall–Kier alpha value is -2.12. The smallest absolute Gasteiger partial charge is 0.323 e. The van der Waals surface area contributed by atoms with Crippen LogP contribution in [0.4, 0.5) is 11.9 Å². The molecule has 0 radical (unpaired) electrons. The van der Waals surface area contributed by atoms with Gasteiger partial charge >= 0.3 is 6.01 Å². The van der Waals surface area contributed by atoms with Crippen LogP contribution >= 0.6 is 0 Å². The third-order valence-electron chi connectivity index (χ3n) is 2.47. The number of anilines is 2. The van der Waals surface area contributed by atoms with Gasteiger partial charge in [-0.1, -0.05) is 0 Å². The first kappa shape index (κ1) is 14.9. The molecule has 8 nitrogen and oxygen atoms in total. The number of hydrogen-bond acceptors (Lipinski definition) is 7. The number of primary amides is 1. The van der Waals surface area contributed by atoms with Crippen LogP contribution in [0.1, 0.15) is 20.8 Å². The van der Waals surface area contributed by atoms with E-state index < -0.39 is 11.3 Å². The van der Waals surface area contributed by atoms with Crippen molar-refractivity contribution >= 4 is 17.8 Å². The summed E-state index contributed by atoms with van der Waals surface area (Å²) in [6, 6.07) is 0.223. The molecule has 4 N–H and O–H groups in total.